The van der Waals surface area contributed by atoms with Crippen molar-refractivity contribution in [3.8, 4) is 0 Å². The maximum atomic E-state index is 3.60. The lowest BCUT2D eigenvalue weighted by molar-refractivity contribution is 0.542. The molecule has 1 fully saturated rings. The summed E-state index contributed by atoms with van der Waals surface area (Å²) in [4.78, 5) is 0. The summed E-state index contributed by atoms with van der Waals surface area (Å²) in [6.07, 6.45) is 8.21. The molecule has 1 aliphatic rings. The third kappa shape index (κ3) is 2.59. The van der Waals surface area contributed by atoms with Crippen molar-refractivity contribution in [1.82, 2.24) is 9.88 Å². The van der Waals surface area contributed by atoms with Crippen molar-refractivity contribution in [2.75, 3.05) is 0 Å². The van der Waals surface area contributed by atoms with Gasteiger partial charge < -0.3 is 9.88 Å². The highest BCUT2D eigenvalue weighted by Crippen LogP contribution is 2.20. The molecule has 2 heteroatoms. The molecule has 0 spiro atoms. The molecule has 1 aliphatic carbocycles. The van der Waals surface area contributed by atoms with Gasteiger partial charge in [-0.15, -0.1) is 0 Å². The van der Waals surface area contributed by atoms with E-state index in [1.54, 1.807) is 0 Å². The minimum absolute atomic E-state index is 0.620. The van der Waals surface area contributed by atoms with Crippen LogP contribution in [0, 0.1) is 0 Å². The highest BCUT2D eigenvalue weighted by Gasteiger charge is 2.22. The van der Waals surface area contributed by atoms with Gasteiger partial charge in [0.1, 0.15) is 0 Å². The second kappa shape index (κ2) is 3.54. The smallest absolute Gasteiger partial charge is 0.0106 e. The topological polar surface area (TPSA) is 17.0 Å². The lowest BCUT2D eigenvalue weighted by Gasteiger charge is -2.11. The molecule has 2 rings (SSSR count). The zero-order valence-corrected chi connectivity index (χ0v) is 8.46. The Hall–Kier alpha value is -0.760. The van der Waals surface area contributed by atoms with Crippen molar-refractivity contribution < 1.29 is 0 Å². The molecule has 0 bridgehead atoms. The molecule has 1 N–H and O–H groups in total. The monoisotopic (exact) mass is 178 g/mol. The molecule has 1 unspecified atom stereocenters. The van der Waals surface area contributed by atoms with Crippen LogP contribution in [0.1, 0.15) is 25.3 Å². The first kappa shape index (κ1) is 8.82. The fourth-order valence-corrected chi connectivity index (χ4v) is 1.75. The van der Waals surface area contributed by atoms with Gasteiger partial charge in [0.25, 0.3) is 0 Å². The Bertz CT molecular complexity index is 273. The Labute approximate surface area is 79.9 Å². The maximum absolute atomic E-state index is 3.60. The van der Waals surface area contributed by atoms with Crippen molar-refractivity contribution in [1.29, 1.82) is 0 Å². The molecular weight excluding hydrogens is 160 g/mol. The number of aromatic nitrogens is 1. The molecule has 0 aliphatic heterocycles. The molecule has 1 heterocycles. The number of hydrogen-bond donors (Lipinski definition) is 1. The van der Waals surface area contributed by atoms with E-state index in [1.165, 1.54) is 18.4 Å². The van der Waals surface area contributed by atoms with Crippen LogP contribution in [0.5, 0.6) is 0 Å². The van der Waals surface area contributed by atoms with Gasteiger partial charge in [-0.05, 0) is 37.8 Å². The average Bonchev–Trinajstić information content (AvgIpc) is 2.76. The fourth-order valence-electron chi connectivity index (χ4n) is 1.75. The molecule has 72 valence electrons. The van der Waals surface area contributed by atoms with E-state index in [-0.39, 0.29) is 0 Å². The van der Waals surface area contributed by atoms with Crippen molar-refractivity contribution >= 4 is 0 Å². The minimum Gasteiger partial charge on any atom is -0.357 e. The molecule has 1 aromatic rings. The number of nitrogens with one attached hydrogen (secondary N) is 1. The van der Waals surface area contributed by atoms with Crippen LogP contribution in [-0.4, -0.2) is 16.7 Å². The van der Waals surface area contributed by atoms with Crippen LogP contribution in [0.15, 0.2) is 18.5 Å². The van der Waals surface area contributed by atoms with Gasteiger partial charge in [-0.2, -0.15) is 0 Å². The van der Waals surface area contributed by atoms with Crippen LogP contribution in [0.3, 0.4) is 0 Å². The Balaban J connectivity index is 1.82. The second-order valence-corrected chi connectivity index (χ2v) is 4.23. The van der Waals surface area contributed by atoms with E-state index in [0.717, 1.165) is 12.5 Å². The molecule has 1 saturated carbocycles. The number of aryl methyl sites for hydroxylation is 1. The van der Waals surface area contributed by atoms with E-state index in [0.29, 0.717) is 6.04 Å². The van der Waals surface area contributed by atoms with Crippen LogP contribution in [0.25, 0.3) is 0 Å². The lowest BCUT2D eigenvalue weighted by Crippen LogP contribution is -2.29. The zero-order chi connectivity index (χ0) is 9.26. The van der Waals surface area contributed by atoms with Crippen LogP contribution in [0.4, 0.5) is 0 Å². The van der Waals surface area contributed by atoms with E-state index < -0.39 is 0 Å². The third-order valence-electron chi connectivity index (χ3n) is 2.53. The fraction of sp³-hybridized carbons (Fsp3) is 0.636. The molecule has 0 saturated heterocycles. The Kier molecular flexibility index (Phi) is 2.40. The SMILES string of the molecule is CC(Cc1ccn(C)c1)NC1CC1. The standard InChI is InChI=1S/C11H18N2/c1-9(12-11-3-4-11)7-10-5-6-13(2)8-10/h5-6,8-9,11-12H,3-4,7H2,1-2H3. The quantitative estimate of drug-likeness (QED) is 0.742. The highest BCUT2D eigenvalue weighted by atomic mass is 15.0. The Morgan fingerprint density at radius 3 is 2.92 bits per heavy atom. The highest BCUT2D eigenvalue weighted by molar-refractivity contribution is 5.11. The molecule has 2 nitrogen and oxygen atoms in total. The Morgan fingerprint density at radius 2 is 2.38 bits per heavy atom. The molecule has 13 heavy (non-hydrogen) atoms. The number of rotatable bonds is 4. The van der Waals surface area contributed by atoms with Gasteiger partial charge in [-0.25, -0.2) is 0 Å². The van der Waals surface area contributed by atoms with Crippen molar-refractivity contribution in [2.24, 2.45) is 7.05 Å². The molecular formula is C11H18N2. The van der Waals surface area contributed by atoms with Crippen molar-refractivity contribution in [3.05, 3.63) is 24.0 Å². The first-order chi connectivity index (χ1) is 6.24. The first-order valence-corrected chi connectivity index (χ1v) is 5.11. The van der Waals surface area contributed by atoms with Gasteiger partial charge in [0, 0.05) is 31.5 Å². The summed E-state index contributed by atoms with van der Waals surface area (Å²) in [5, 5.41) is 3.60. The van der Waals surface area contributed by atoms with E-state index in [9.17, 15) is 0 Å². The average molecular weight is 178 g/mol. The van der Waals surface area contributed by atoms with E-state index in [4.69, 9.17) is 0 Å². The van der Waals surface area contributed by atoms with Crippen LogP contribution < -0.4 is 5.32 Å². The minimum atomic E-state index is 0.620. The first-order valence-electron chi connectivity index (χ1n) is 5.11. The summed E-state index contributed by atoms with van der Waals surface area (Å²) < 4.78 is 2.11. The van der Waals surface area contributed by atoms with E-state index in [2.05, 4.69) is 42.3 Å². The largest absolute Gasteiger partial charge is 0.357 e. The maximum Gasteiger partial charge on any atom is 0.0106 e. The Morgan fingerprint density at radius 1 is 1.62 bits per heavy atom. The zero-order valence-electron chi connectivity index (χ0n) is 8.46. The third-order valence-corrected chi connectivity index (χ3v) is 2.53. The molecule has 0 radical (unpaired) electrons. The van der Waals surface area contributed by atoms with Crippen LogP contribution >= 0.6 is 0 Å². The summed E-state index contributed by atoms with van der Waals surface area (Å²) >= 11 is 0. The van der Waals surface area contributed by atoms with Crippen LogP contribution in [-0.2, 0) is 13.5 Å². The summed E-state index contributed by atoms with van der Waals surface area (Å²) in [5.41, 5.74) is 1.43. The van der Waals surface area contributed by atoms with Crippen molar-refractivity contribution in [3.63, 3.8) is 0 Å². The predicted octanol–water partition coefficient (Wildman–Crippen LogP) is 1.71. The molecule has 1 atom stereocenters. The van der Waals surface area contributed by atoms with Gasteiger partial charge >= 0.3 is 0 Å². The summed E-state index contributed by atoms with van der Waals surface area (Å²) in [7, 11) is 2.07. The summed E-state index contributed by atoms with van der Waals surface area (Å²) in [6, 6.07) is 3.64. The summed E-state index contributed by atoms with van der Waals surface area (Å²) in [5.74, 6) is 0. The van der Waals surface area contributed by atoms with Gasteiger partial charge in [0.2, 0.25) is 0 Å². The van der Waals surface area contributed by atoms with E-state index >= 15 is 0 Å². The molecule has 0 amide bonds. The lowest BCUT2D eigenvalue weighted by atomic mass is 10.1. The predicted molar refractivity (Wildman–Crippen MR) is 54.7 cm³/mol. The van der Waals surface area contributed by atoms with Gasteiger partial charge in [0.05, 0.1) is 0 Å². The van der Waals surface area contributed by atoms with Gasteiger partial charge in [0.15, 0.2) is 0 Å². The number of hydrogen-bond acceptors (Lipinski definition) is 1. The molecule has 0 aromatic carbocycles. The second-order valence-electron chi connectivity index (χ2n) is 4.23. The van der Waals surface area contributed by atoms with Crippen molar-refractivity contribution in [2.45, 2.75) is 38.3 Å². The van der Waals surface area contributed by atoms with Gasteiger partial charge in [-0.3, -0.25) is 0 Å². The van der Waals surface area contributed by atoms with E-state index in [1.807, 2.05) is 0 Å². The van der Waals surface area contributed by atoms with Crippen LogP contribution in [0.2, 0.25) is 0 Å². The molecule has 1 aromatic heterocycles. The van der Waals surface area contributed by atoms with Gasteiger partial charge in [-0.1, -0.05) is 0 Å². The summed E-state index contributed by atoms with van der Waals surface area (Å²) in [6.45, 7) is 2.27. The number of nitrogens with zero attached hydrogens (tertiary/aromatic N) is 1. The normalized spacial score (nSPS) is 18.9.